The molecule has 2 N–H and O–H groups in total. The van der Waals surface area contributed by atoms with Crippen molar-refractivity contribution in [3.05, 3.63) is 46.9 Å². The number of carbonyl (C=O) groups is 1. The first-order valence-electron chi connectivity index (χ1n) is 11.1. The van der Waals surface area contributed by atoms with Crippen molar-refractivity contribution in [1.82, 2.24) is 15.1 Å². The van der Waals surface area contributed by atoms with E-state index in [9.17, 15) is 9.18 Å². The molecule has 0 aliphatic carbocycles. The molecule has 0 radical (unpaired) electrons. The molecule has 1 unspecified atom stereocenters. The molecular formula is C24H35FN4O. The molecular weight excluding hydrogens is 379 g/mol. The van der Waals surface area contributed by atoms with Crippen LogP contribution < -0.4 is 10.6 Å². The van der Waals surface area contributed by atoms with Gasteiger partial charge in [0.05, 0.1) is 17.3 Å². The summed E-state index contributed by atoms with van der Waals surface area (Å²) < 4.78 is 16.4. The number of nitrogens with one attached hydrogen (secondary N) is 2. The van der Waals surface area contributed by atoms with Crippen LogP contribution in [0.4, 0.5) is 10.2 Å². The second-order valence-electron chi connectivity index (χ2n) is 9.15. The van der Waals surface area contributed by atoms with Gasteiger partial charge in [-0.2, -0.15) is 5.10 Å². The Morgan fingerprint density at radius 1 is 1.30 bits per heavy atom. The summed E-state index contributed by atoms with van der Waals surface area (Å²) in [5, 5.41) is 11.4. The number of benzene rings is 1. The van der Waals surface area contributed by atoms with E-state index in [0.29, 0.717) is 29.1 Å². The molecule has 1 aromatic heterocycles. The number of hydrogen-bond donors (Lipinski definition) is 2. The van der Waals surface area contributed by atoms with E-state index in [0.717, 1.165) is 25.7 Å². The lowest BCUT2D eigenvalue weighted by Crippen LogP contribution is -2.48. The van der Waals surface area contributed by atoms with Crippen LogP contribution in [0.25, 0.3) is 0 Å². The van der Waals surface area contributed by atoms with Gasteiger partial charge in [0.25, 0.3) is 5.91 Å². The van der Waals surface area contributed by atoms with Gasteiger partial charge in [0.15, 0.2) is 0 Å². The summed E-state index contributed by atoms with van der Waals surface area (Å²) in [6, 6.07) is 6.61. The van der Waals surface area contributed by atoms with E-state index < -0.39 is 0 Å². The molecule has 1 aliphatic heterocycles. The Morgan fingerprint density at radius 2 is 1.97 bits per heavy atom. The summed E-state index contributed by atoms with van der Waals surface area (Å²) in [6.07, 6.45) is 4.37. The van der Waals surface area contributed by atoms with Crippen LogP contribution in [0, 0.1) is 12.7 Å². The summed E-state index contributed by atoms with van der Waals surface area (Å²) in [5.74, 6) is 0.330. The Kier molecular flexibility index (Phi) is 6.25. The third-order valence-electron chi connectivity index (χ3n) is 6.62. The molecule has 30 heavy (non-hydrogen) atoms. The van der Waals surface area contributed by atoms with Crippen LogP contribution in [0.15, 0.2) is 24.3 Å². The van der Waals surface area contributed by atoms with Crippen molar-refractivity contribution in [2.24, 2.45) is 0 Å². The highest BCUT2D eigenvalue weighted by molar-refractivity contribution is 6.00. The van der Waals surface area contributed by atoms with E-state index >= 15 is 0 Å². The fraction of sp³-hybridized carbons (Fsp3) is 0.583. The Labute approximate surface area is 179 Å². The van der Waals surface area contributed by atoms with Gasteiger partial charge in [0, 0.05) is 11.1 Å². The number of carbonyl (C=O) groups excluding carboxylic acids is 1. The van der Waals surface area contributed by atoms with E-state index in [1.807, 2.05) is 23.7 Å². The molecule has 3 rings (SSSR count). The average molecular weight is 415 g/mol. The number of nitrogens with zero attached hydrogens (tertiary/aromatic N) is 2. The fourth-order valence-electron chi connectivity index (χ4n) is 4.74. The van der Waals surface area contributed by atoms with Crippen molar-refractivity contribution in [3.8, 4) is 0 Å². The summed E-state index contributed by atoms with van der Waals surface area (Å²) in [6.45, 7) is 12.4. The molecule has 1 aromatic carbocycles. The monoisotopic (exact) mass is 414 g/mol. The predicted octanol–water partition coefficient (Wildman–Crippen LogP) is 5.71. The van der Waals surface area contributed by atoms with Crippen LogP contribution in [0.3, 0.4) is 0 Å². The summed E-state index contributed by atoms with van der Waals surface area (Å²) in [5.41, 5.74) is 1.29. The highest BCUT2D eigenvalue weighted by atomic mass is 19.1. The highest BCUT2D eigenvalue weighted by Crippen LogP contribution is 2.41. The molecule has 0 saturated heterocycles. The Balaban J connectivity index is 2.01. The molecule has 1 atom stereocenters. The van der Waals surface area contributed by atoms with E-state index in [2.05, 4.69) is 45.3 Å². The van der Waals surface area contributed by atoms with Crippen molar-refractivity contribution in [3.63, 3.8) is 0 Å². The van der Waals surface area contributed by atoms with Gasteiger partial charge in [-0.25, -0.2) is 9.07 Å². The average Bonchev–Trinajstić information content (AvgIpc) is 3.04. The molecule has 6 heteroatoms. The largest absolute Gasteiger partial charge is 0.363 e. The van der Waals surface area contributed by atoms with Gasteiger partial charge in [-0.3, -0.25) is 4.79 Å². The lowest BCUT2D eigenvalue weighted by atomic mass is 9.87. The lowest BCUT2D eigenvalue weighted by Gasteiger charge is -2.38. The van der Waals surface area contributed by atoms with Gasteiger partial charge in [-0.05, 0) is 52.5 Å². The molecule has 0 saturated carbocycles. The van der Waals surface area contributed by atoms with E-state index in [-0.39, 0.29) is 28.8 Å². The second-order valence-corrected chi connectivity index (χ2v) is 9.15. The van der Waals surface area contributed by atoms with Crippen LogP contribution in [0.1, 0.15) is 94.4 Å². The lowest BCUT2D eigenvalue weighted by molar-refractivity contribution is 0.0884. The predicted molar refractivity (Wildman–Crippen MR) is 119 cm³/mol. The van der Waals surface area contributed by atoms with Crippen molar-refractivity contribution in [2.45, 2.75) is 90.8 Å². The fourth-order valence-corrected chi connectivity index (χ4v) is 4.74. The molecule has 2 heterocycles. The number of hydrogen-bond acceptors (Lipinski definition) is 3. The van der Waals surface area contributed by atoms with Crippen LogP contribution in [0.5, 0.6) is 0 Å². The van der Waals surface area contributed by atoms with Crippen molar-refractivity contribution in [2.75, 3.05) is 5.32 Å². The van der Waals surface area contributed by atoms with Gasteiger partial charge in [-0.15, -0.1) is 0 Å². The van der Waals surface area contributed by atoms with Crippen LogP contribution >= 0.6 is 0 Å². The number of anilines is 1. The van der Waals surface area contributed by atoms with Crippen LogP contribution in [-0.4, -0.2) is 21.2 Å². The minimum Gasteiger partial charge on any atom is -0.363 e. The second kappa shape index (κ2) is 8.40. The first kappa shape index (κ1) is 22.3. The van der Waals surface area contributed by atoms with E-state index in [1.54, 1.807) is 6.07 Å². The minimum absolute atomic E-state index is 0.108. The van der Waals surface area contributed by atoms with E-state index in [4.69, 9.17) is 5.10 Å². The SMILES string of the molecule is CCCC(CC)(CC)NC(=O)c1c(C)nn2c1NC(c1ccccc1F)CC2(C)C. The van der Waals surface area contributed by atoms with Crippen molar-refractivity contribution in [1.29, 1.82) is 0 Å². The number of rotatable bonds is 7. The Hall–Kier alpha value is -2.37. The van der Waals surface area contributed by atoms with Gasteiger partial charge in [-0.1, -0.05) is 45.4 Å². The molecule has 0 fully saturated rings. The maximum Gasteiger partial charge on any atom is 0.257 e. The molecule has 2 aromatic rings. The smallest absolute Gasteiger partial charge is 0.257 e. The number of aromatic nitrogens is 2. The number of halogens is 1. The molecule has 1 amide bonds. The maximum atomic E-state index is 14.5. The molecule has 5 nitrogen and oxygen atoms in total. The van der Waals surface area contributed by atoms with Gasteiger partial charge in [0.2, 0.25) is 0 Å². The molecule has 1 aliphatic rings. The Morgan fingerprint density at radius 3 is 2.57 bits per heavy atom. The normalized spacial score (nSPS) is 17.9. The number of aryl methyl sites for hydroxylation is 1. The first-order chi connectivity index (χ1) is 14.2. The summed E-state index contributed by atoms with van der Waals surface area (Å²) >= 11 is 0. The highest BCUT2D eigenvalue weighted by Gasteiger charge is 2.39. The Bertz CT molecular complexity index is 914. The van der Waals surface area contributed by atoms with Crippen molar-refractivity contribution >= 4 is 11.7 Å². The maximum absolute atomic E-state index is 14.5. The standard InChI is InChI=1S/C24H35FN4O/c1-7-14-24(8-2,9-3)27-22(30)20-16(4)28-29-21(20)26-19(15-23(29,5)6)17-12-10-11-13-18(17)25/h10-13,19,26H,7-9,14-15H2,1-6H3,(H,27,30). The zero-order valence-electron chi connectivity index (χ0n) is 19.1. The van der Waals surface area contributed by atoms with Crippen LogP contribution in [0.2, 0.25) is 0 Å². The number of fused-ring (bicyclic) bond motifs is 1. The third kappa shape index (κ3) is 3.96. The molecule has 164 valence electrons. The quantitative estimate of drug-likeness (QED) is 0.610. The van der Waals surface area contributed by atoms with Crippen molar-refractivity contribution < 1.29 is 9.18 Å². The minimum atomic E-state index is -0.354. The van der Waals surface area contributed by atoms with Gasteiger partial charge >= 0.3 is 0 Å². The summed E-state index contributed by atoms with van der Waals surface area (Å²) in [4.78, 5) is 13.4. The zero-order chi connectivity index (χ0) is 22.1. The summed E-state index contributed by atoms with van der Waals surface area (Å²) in [7, 11) is 0. The first-order valence-corrected chi connectivity index (χ1v) is 11.1. The van der Waals surface area contributed by atoms with Crippen LogP contribution in [-0.2, 0) is 5.54 Å². The van der Waals surface area contributed by atoms with E-state index in [1.165, 1.54) is 6.07 Å². The zero-order valence-corrected chi connectivity index (χ0v) is 19.1. The molecule has 0 bridgehead atoms. The van der Waals surface area contributed by atoms with Gasteiger partial charge in [0.1, 0.15) is 17.2 Å². The third-order valence-corrected chi connectivity index (χ3v) is 6.62. The van der Waals surface area contributed by atoms with Gasteiger partial charge < -0.3 is 10.6 Å². The number of amides is 1. The molecule has 0 spiro atoms. The topological polar surface area (TPSA) is 59.0 Å².